The fourth-order valence-corrected chi connectivity index (χ4v) is 1.41. The number of benzene rings is 1. The van der Waals surface area contributed by atoms with Crippen LogP contribution in [0, 0.1) is 0 Å². The monoisotopic (exact) mass is 239 g/mol. The summed E-state index contributed by atoms with van der Waals surface area (Å²) >= 11 is 0. The Hall–Kier alpha value is -1.91. The molecule has 0 aliphatic carbocycles. The predicted molar refractivity (Wildman–Crippen MR) is 64.5 cm³/mol. The van der Waals surface area contributed by atoms with Crippen LogP contribution in [-0.4, -0.2) is 26.8 Å². The van der Waals surface area contributed by atoms with Crippen molar-refractivity contribution in [1.82, 2.24) is 0 Å². The average molecular weight is 239 g/mol. The molecule has 1 rings (SSSR count). The number of hydrogen-bond donors (Lipinski definition) is 1. The Labute approximate surface area is 100 Å². The number of anilines is 1. The third kappa shape index (κ3) is 2.81. The number of carbonyl (C=O) groups excluding carboxylic acids is 1. The maximum absolute atomic E-state index is 11.8. The van der Waals surface area contributed by atoms with Gasteiger partial charge in [-0.05, 0) is 18.6 Å². The lowest BCUT2D eigenvalue weighted by atomic mass is 10.1. The number of ether oxygens (including phenoxy) is 3. The van der Waals surface area contributed by atoms with Gasteiger partial charge in [-0.15, -0.1) is 0 Å². The summed E-state index contributed by atoms with van der Waals surface area (Å²) in [6.45, 7) is 2.26. The summed E-state index contributed by atoms with van der Waals surface area (Å²) in [6.07, 6.45) is 0.748. The molecule has 2 N–H and O–H groups in total. The van der Waals surface area contributed by atoms with Gasteiger partial charge in [0.1, 0.15) is 17.1 Å². The molecule has 0 saturated carbocycles. The fraction of sp³-hybridized carbons (Fsp3) is 0.417. The van der Waals surface area contributed by atoms with Crippen LogP contribution in [0.3, 0.4) is 0 Å². The van der Waals surface area contributed by atoms with Gasteiger partial charge in [-0.1, -0.05) is 6.92 Å². The summed E-state index contributed by atoms with van der Waals surface area (Å²) in [6, 6.07) is 3.27. The largest absolute Gasteiger partial charge is 0.496 e. The second-order valence-electron chi connectivity index (χ2n) is 3.39. The number of nitrogen functional groups attached to an aromatic ring is 1. The maximum Gasteiger partial charge on any atom is 0.344 e. The zero-order valence-corrected chi connectivity index (χ0v) is 10.3. The Balaban J connectivity index is 3.13. The molecule has 1 aromatic carbocycles. The number of rotatable bonds is 5. The lowest BCUT2D eigenvalue weighted by Crippen LogP contribution is -2.11. The molecule has 94 valence electrons. The summed E-state index contributed by atoms with van der Waals surface area (Å²) in [5.41, 5.74) is 6.28. The van der Waals surface area contributed by atoms with E-state index < -0.39 is 5.97 Å². The molecule has 0 fully saturated rings. The molecule has 0 unspecified atom stereocenters. The van der Waals surface area contributed by atoms with E-state index in [1.165, 1.54) is 14.2 Å². The summed E-state index contributed by atoms with van der Waals surface area (Å²) in [4.78, 5) is 11.8. The molecule has 5 nitrogen and oxygen atoms in total. The summed E-state index contributed by atoms with van der Waals surface area (Å²) in [7, 11) is 2.96. The molecule has 17 heavy (non-hydrogen) atoms. The normalized spacial score (nSPS) is 9.82. The molecule has 0 aliphatic heterocycles. The summed E-state index contributed by atoms with van der Waals surface area (Å²) in [5, 5.41) is 0. The minimum Gasteiger partial charge on any atom is -0.496 e. The van der Waals surface area contributed by atoms with Gasteiger partial charge in [-0.2, -0.15) is 0 Å². The smallest absolute Gasteiger partial charge is 0.344 e. The Kier molecular flexibility index (Phi) is 4.63. The second-order valence-corrected chi connectivity index (χ2v) is 3.39. The van der Waals surface area contributed by atoms with E-state index in [1.54, 1.807) is 12.1 Å². The highest BCUT2D eigenvalue weighted by molar-refractivity contribution is 5.99. The van der Waals surface area contributed by atoms with Gasteiger partial charge < -0.3 is 19.9 Å². The predicted octanol–water partition coefficient (Wildman–Crippen LogP) is 1.85. The van der Waals surface area contributed by atoms with Gasteiger partial charge in [0.15, 0.2) is 0 Å². The van der Waals surface area contributed by atoms with Gasteiger partial charge in [0, 0.05) is 0 Å². The molecule has 5 heteroatoms. The van der Waals surface area contributed by atoms with E-state index in [2.05, 4.69) is 0 Å². The SMILES string of the molecule is CCCOC(=O)c1c(OC)ccc(OC)c1N. The van der Waals surface area contributed by atoms with Crippen LogP contribution in [-0.2, 0) is 4.74 Å². The minimum absolute atomic E-state index is 0.209. The molecule has 1 aromatic rings. The van der Waals surface area contributed by atoms with Crippen LogP contribution in [0.4, 0.5) is 5.69 Å². The van der Waals surface area contributed by atoms with Crippen LogP contribution in [0.15, 0.2) is 12.1 Å². The van der Waals surface area contributed by atoms with Crippen molar-refractivity contribution in [2.75, 3.05) is 26.6 Å². The van der Waals surface area contributed by atoms with Crippen molar-refractivity contribution in [2.24, 2.45) is 0 Å². The van der Waals surface area contributed by atoms with E-state index in [-0.39, 0.29) is 11.3 Å². The maximum atomic E-state index is 11.8. The zero-order chi connectivity index (χ0) is 12.8. The zero-order valence-electron chi connectivity index (χ0n) is 10.3. The first-order valence-electron chi connectivity index (χ1n) is 5.33. The Morgan fingerprint density at radius 3 is 2.35 bits per heavy atom. The molecule has 0 bridgehead atoms. The van der Waals surface area contributed by atoms with E-state index in [1.807, 2.05) is 6.92 Å². The molecule has 0 saturated heterocycles. The van der Waals surface area contributed by atoms with Crippen LogP contribution >= 0.6 is 0 Å². The number of esters is 1. The Bertz CT molecular complexity index is 404. The minimum atomic E-state index is -0.500. The molecular weight excluding hydrogens is 222 g/mol. The number of methoxy groups -OCH3 is 2. The van der Waals surface area contributed by atoms with E-state index in [9.17, 15) is 4.79 Å². The molecule has 0 aliphatic rings. The van der Waals surface area contributed by atoms with Gasteiger partial charge >= 0.3 is 5.97 Å². The first-order chi connectivity index (χ1) is 8.15. The highest BCUT2D eigenvalue weighted by atomic mass is 16.5. The van der Waals surface area contributed by atoms with E-state index >= 15 is 0 Å². The number of hydrogen-bond acceptors (Lipinski definition) is 5. The highest BCUT2D eigenvalue weighted by Gasteiger charge is 2.20. The summed E-state index contributed by atoms with van der Waals surface area (Å²) < 4.78 is 15.2. The molecule has 0 heterocycles. The van der Waals surface area contributed by atoms with E-state index in [4.69, 9.17) is 19.9 Å². The standard InChI is InChI=1S/C12H17NO4/c1-4-7-17-12(14)10-8(15-2)5-6-9(16-3)11(10)13/h5-6H,4,7,13H2,1-3H3. The lowest BCUT2D eigenvalue weighted by molar-refractivity contribution is 0.0502. The Morgan fingerprint density at radius 2 is 1.82 bits per heavy atom. The van der Waals surface area contributed by atoms with Crippen molar-refractivity contribution >= 4 is 11.7 Å². The van der Waals surface area contributed by atoms with E-state index in [0.717, 1.165) is 6.42 Å². The van der Waals surface area contributed by atoms with Gasteiger partial charge in [0.2, 0.25) is 0 Å². The highest BCUT2D eigenvalue weighted by Crippen LogP contribution is 2.33. The van der Waals surface area contributed by atoms with Gasteiger partial charge in [0.05, 0.1) is 26.5 Å². The first kappa shape index (κ1) is 13.2. The van der Waals surface area contributed by atoms with Crippen molar-refractivity contribution < 1.29 is 19.0 Å². The summed E-state index contributed by atoms with van der Waals surface area (Å²) in [5.74, 6) is 0.304. The van der Waals surface area contributed by atoms with Crippen LogP contribution in [0.1, 0.15) is 23.7 Å². The van der Waals surface area contributed by atoms with Gasteiger partial charge in [-0.25, -0.2) is 4.79 Å². The van der Waals surface area contributed by atoms with Gasteiger partial charge in [0.25, 0.3) is 0 Å². The third-order valence-electron chi connectivity index (χ3n) is 2.25. The van der Waals surface area contributed by atoms with Crippen molar-refractivity contribution in [3.05, 3.63) is 17.7 Å². The van der Waals surface area contributed by atoms with Crippen molar-refractivity contribution in [1.29, 1.82) is 0 Å². The van der Waals surface area contributed by atoms with E-state index in [0.29, 0.717) is 18.1 Å². The first-order valence-corrected chi connectivity index (χ1v) is 5.33. The van der Waals surface area contributed by atoms with Crippen molar-refractivity contribution in [2.45, 2.75) is 13.3 Å². The van der Waals surface area contributed by atoms with Gasteiger partial charge in [-0.3, -0.25) is 0 Å². The number of nitrogens with two attached hydrogens (primary N) is 1. The molecule has 0 aromatic heterocycles. The van der Waals surface area contributed by atoms with Crippen LogP contribution in [0.2, 0.25) is 0 Å². The molecule has 0 amide bonds. The lowest BCUT2D eigenvalue weighted by Gasteiger charge is -2.13. The van der Waals surface area contributed by atoms with Crippen molar-refractivity contribution in [3.8, 4) is 11.5 Å². The molecular formula is C12H17NO4. The topological polar surface area (TPSA) is 70.8 Å². The van der Waals surface area contributed by atoms with Crippen LogP contribution < -0.4 is 15.2 Å². The average Bonchev–Trinajstić information content (AvgIpc) is 2.35. The Morgan fingerprint density at radius 1 is 1.24 bits per heavy atom. The molecule has 0 atom stereocenters. The van der Waals surface area contributed by atoms with Crippen LogP contribution in [0.5, 0.6) is 11.5 Å². The van der Waals surface area contributed by atoms with Crippen molar-refractivity contribution in [3.63, 3.8) is 0 Å². The quantitative estimate of drug-likeness (QED) is 0.627. The fourth-order valence-electron chi connectivity index (χ4n) is 1.41. The van der Waals surface area contributed by atoms with Crippen LogP contribution in [0.25, 0.3) is 0 Å². The number of carbonyl (C=O) groups is 1. The molecule has 0 radical (unpaired) electrons. The third-order valence-corrected chi connectivity index (χ3v) is 2.25. The molecule has 0 spiro atoms. The second kappa shape index (κ2) is 5.98.